The molecule has 1 atom stereocenters. The zero-order valence-electron chi connectivity index (χ0n) is 36.1. The van der Waals surface area contributed by atoms with Crippen LogP contribution in [0, 0.1) is 0 Å². The Bertz CT molecular complexity index is 3870. The van der Waals surface area contributed by atoms with Gasteiger partial charge in [-0.3, -0.25) is 23.0 Å². The van der Waals surface area contributed by atoms with E-state index in [-0.39, 0.29) is 55.8 Å². The average Bonchev–Trinajstić information content (AvgIpc) is 3.65. The SMILES string of the molecule is O=C(O)C1=NN(c2ccc(S(=O)(=O)O)cc2)C(=O)C1/N=N/c1ccc2c(O)c(/N=N/c3cc(OCCO)c(/N=N/c4cc(S(=O)(=O)O)cc5cc(S(=O)(=O)O)cc(O)c45)cc3OCCO)c(S(=O)(=O)O)cc2c1. The second-order valence-electron chi connectivity index (χ2n) is 14.7. The molecule has 6 aromatic rings. The topological polar surface area (TPSA) is 461 Å². The second-order valence-corrected chi connectivity index (χ2v) is 20.4. The van der Waals surface area contributed by atoms with Gasteiger partial charge < -0.3 is 35.0 Å². The van der Waals surface area contributed by atoms with Gasteiger partial charge in [-0.1, -0.05) is 0 Å². The number of aliphatic hydroxyl groups is 2. The number of carbonyl (C=O) groups excluding carboxylic acids is 1. The number of ether oxygens (including phenoxy) is 2. The van der Waals surface area contributed by atoms with Crippen LogP contribution in [0.3, 0.4) is 0 Å². The minimum Gasteiger partial charge on any atom is -0.507 e. The molecular weight excluding hydrogens is 1060 g/mol. The van der Waals surface area contributed by atoms with E-state index in [9.17, 15) is 87.0 Å². The molecule has 73 heavy (non-hydrogen) atoms. The number of phenols is 2. The molecule has 1 aliphatic rings. The van der Waals surface area contributed by atoms with E-state index in [1.807, 2.05) is 0 Å². The van der Waals surface area contributed by atoms with Crippen molar-refractivity contribution < 1.29 is 96.5 Å². The van der Waals surface area contributed by atoms with Crippen LogP contribution in [0.2, 0.25) is 0 Å². The van der Waals surface area contributed by atoms with Gasteiger partial charge in [-0.05, 0) is 77.5 Å². The Balaban J connectivity index is 1.26. The Morgan fingerprint density at radius 3 is 1.70 bits per heavy atom. The van der Waals surface area contributed by atoms with Crippen molar-refractivity contribution in [2.24, 2.45) is 35.8 Å². The van der Waals surface area contributed by atoms with E-state index >= 15 is 0 Å². The van der Waals surface area contributed by atoms with E-state index in [2.05, 4.69) is 35.8 Å². The quantitative estimate of drug-likeness (QED) is 0.0408. The summed E-state index contributed by atoms with van der Waals surface area (Å²) >= 11 is 0. The first-order valence-electron chi connectivity index (χ1n) is 19.9. The van der Waals surface area contributed by atoms with Gasteiger partial charge in [0, 0.05) is 23.6 Å². The molecule has 382 valence electrons. The number of hydrazone groups is 1. The number of aromatic hydroxyl groups is 2. The van der Waals surface area contributed by atoms with Crippen LogP contribution in [0.15, 0.2) is 140 Å². The fourth-order valence-corrected chi connectivity index (χ4v) is 8.92. The Kier molecular flexibility index (Phi) is 14.7. The molecular formula is C40H32N8O21S4. The van der Waals surface area contributed by atoms with Gasteiger partial charge in [0.25, 0.3) is 46.4 Å². The molecule has 1 aliphatic heterocycles. The highest BCUT2D eigenvalue weighted by Gasteiger charge is 2.41. The number of carbonyl (C=O) groups is 2. The van der Waals surface area contributed by atoms with Crippen molar-refractivity contribution in [2.45, 2.75) is 25.6 Å². The van der Waals surface area contributed by atoms with E-state index in [0.717, 1.165) is 66.7 Å². The van der Waals surface area contributed by atoms with Gasteiger partial charge in [0.15, 0.2) is 11.5 Å². The van der Waals surface area contributed by atoms with Crippen LogP contribution in [0.1, 0.15) is 0 Å². The lowest BCUT2D eigenvalue weighted by Gasteiger charge is -2.13. The van der Waals surface area contributed by atoms with Gasteiger partial charge in [0.1, 0.15) is 52.4 Å². The van der Waals surface area contributed by atoms with E-state index in [1.54, 1.807) is 0 Å². The first-order valence-corrected chi connectivity index (χ1v) is 25.6. The Morgan fingerprint density at radius 2 is 1.16 bits per heavy atom. The molecule has 6 aromatic carbocycles. The number of nitrogens with zero attached hydrogens (tertiary/aromatic N) is 8. The largest absolute Gasteiger partial charge is 0.507 e. The summed E-state index contributed by atoms with van der Waals surface area (Å²) in [5, 5.41) is 78.0. The van der Waals surface area contributed by atoms with Gasteiger partial charge in [-0.2, -0.15) is 54.0 Å². The molecule has 0 spiro atoms. The molecule has 0 fully saturated rings. The number of rotatable bonds is 18. The number of hydrogen-bond donors (Lipinski definition) is 9. The zero-order chi connectivity index (χ0) is 53.4. The predicted molar refractivity (Wildman–Crippen MR) is 248 cm³/mol. The first-order chi connectivity index (χ1) is 34.2. The second kappa shape index (κ2) is 20.3. The lowest BCUT2D eigenvalue weighted by Crippen LogP contribution is -2.33. The zero-order valence-corrected chi connectivity index (χ0v) is 39.4. The lowest BCUT2D eigenvalue weighted by molar-refractivity contribution is -0.130. The third kappa shape index (κ3) is 11.5. The highest BCUT2D eigenvalue weighted by molar-refractivity contribution is 7.86. The molecule has 0 radical (unpaired) electrons. The Hall–Kier alpha value is -7.99. The molecule has 0 aliphatic carbocycles. The minimum absolute atomic E-state index is 0.102. The number of azo groups is 3. The summed E-state index contributed by atoms with van der Waals surface area (Å²) in [5.74, 6) is -5.08. The summed E-state index contributed by atoms with van der Waals surface area (Å²) in [6, 6.07) is 11.5. The maximum absolute atomic E-state index is 13.3. The maximum Gasteiger partial charge on any atom is 0.355 e. The summed E-state index contributed by atoms with van der Waals surface area (Å²) < 4.78 is 147. The summed E-state index contributed by atoms with van der Waals surface area (Å²) in [4.78, 5) is 22.0. The van der Waals surface area contributed by atoms with E-state index in [0.29, 0.717) is 11.1 Å². The number of hydrogen-bond acceptors (Lipinski definition) is 23. The summed E-state index contributed by atoms with van der Waals surface area (Å²) in [7, 11) is -19.9. The highest BCUT2D eigenvalue weighted by atomic mass is 32.2. The fraction of sp³-hybridized carbons (Fsp3) is 0.125. The molecule has 1 unspecified atom stereocenters. The third-order valence-electron chi connectivity index (χ3n) is 9.92. The van der Waals surface area contributed by atoms with E-state index in [4.69, 9.17) is 9.47 Å². The smallest absolute Gasteiger partial charge is 0.355 e. The van der Waals surface area contributed by atoms with Crippen molar-refractivity contribution in [2.75, 3.05) is 31.4 Å². The first kappa shape index (κ1) is 52.8. The molecule has 0 aromatic heterocycles. The number of benzene rings is 6. The maximum atomic E-state index is 13.3. The number of phenolic OH excluding ortho intramolecular Hbond substituents is 2. The van der Waals surface area contributed by atoms with Gasteiger partial charge >= 0.3 is 5.97 Å². The average molecular weight is 1090 g/mol. The van der Waals surface area contributed by atoms with Gasteiger partial charge in [0.2, 0.25) is 6.04 Å². The molecule has 9 N–H and O–H groups in total. The standard InChI is InChI=1S/C40H32N8O21S4/c49-7-9-68-31-18-28(32(69-10-8-50)17-27(31)42-44-29-15-24(71(59,60)61)12-20-13-25(72(62,63)64)16-30(51)34(20)29)43-45-35-33(73(65,66)67)14-19-11-21(1-6-26(19)38(35)52)41-46-36-37(40(54)55)47-48(39(36)53)22-2-4-23(5-3-22)70(56,57)58/h1-6,11-18,36,49-52H,7-10H2,(H,54,55)(H,56,57,58)(H,59,60,61)(H,62,63,64)(H,65,66,67)/b44-42+,45-43+,46-41+. The van der Waals surface area contributed by atoms with Crippen LogP contribution in [-0.4, -0.2) is 127 Å². The number of anilines is 1. The molecule has 0 saturated heterocycles. The van der Waals surface area contributed by atoms with Crippen LogP contribution in [0.25, 0.3) is 21.5 Å². The van der Waals surface area contributed by atoms with Crippen molar-refractivity contribution in [1.82, 2.24) is 0 Å². The number of aliphatic hydroxyl groups excluding tert-OH is 2. The minimum atomic E-state index is -5.29. The van der Waals surface area contributed by atoms with E-state index in [1.165, 1.54) is 12.1 Å². The number of carboxylic acid groups (broad SMARTS) is 1. The summed E-state index contributed by atoms with van der Waals surface area (Å²) in [5.41, 5.74) is -3.08. The number of aliphatic carboxylic acids is 1. The van der Waals surface area contributed by atoms with Gasteiger partial charge in [-0.15, -0.1) is 20.5 Å². The lowest BCUT2D eigenvalue weighted by atomic mass is 10.1. The highest BCUT2D eigenvalue weighted by Crippen LogP contribution is 2.46. The molecule has 1 amide bonds. The Labute approximate surface area is 409 Å². The summed E-state index contributed by atoms with van der Waals surface area (Å²) in [6.07, 6.45) is 0. The van der Waals surface area contributed by atoms with Gasteiger partial charge in [0.05, 0.1) is 50.3 Å². The number of fused-ring (bicyclic) bond motifs is 2. The molecule has 0 saturated carbocycles. The molecule has 29 nitrogen and oxygen atoms in total. The molecule has 0 bridgehead atoms. The molecule has 33 heteroatoms. The Morgan fingerprint density at radius 1 is 0.616 bits per heavy atom. The summed E-state index contributed by atoms with van der Waals surface area (Å²) in [6.45, 7) is -2.07. The normalized spacial score (nSPS) is 14.8. The predicted octanol–water partition coefficient (Wildman–Crippen LogP) is 4.90. The molecule has 7 rings (SSSR count). The van der Waals surface area contributed by atoms with Crippen molar-refractivity contribution in [3.05, 3.63) is 84.9 Å². The van der Waals surface area contributed by atoms with Crippen LogP contribution in [0.4, 0.5) is 34.1 Å². The number of carboxylic acids is 1. The number of amides is 1. The van der Waals surface area contributed by atoms with Crippen molar-refractivity contribution in [3.63, 3.8) is 0 Å². The van der Waals surface area contributed by atoms with Crippen LogP contribution < -0.4 is 14.5 Å². The third-order valence-corrected chi connectivity index (χ3v) is 13.3. The van der Waals surface area contributed by atoms with E-state index < -0.39 is 133 Å². The monoisotopic (exact) mass is 1090 g/mol. The van der Waals surface area contributed by atoms with Crippen LogP contribution in [0.5, 0.6) is 23.0 Å². The van der Waals surface area contributed by atoms with Crippen molar-refractivity contribution in [1.29, 1.82) is 0 Å². The van der Waals surface area contributed by atoms with Gasteiger partial charge in [-0.25, -0.2) is 4.79 Å². The van der Waals surface area contributed by atoms with Crippen molar-refractivity contribution in [3.8, 4) is 23.0 Å². The van der Waals surface area contributed by atoms with Crippen LogP contribution >= 0.6 is 0 Å². The fourth-order valence-electron chi connectivity index (χ4n) is 6.71. The van der Waals surface area contributed by atoms with Crippen LogP contribution in [-0.2, 0) is 50.1 Å². The van der Waals surface area contributed by atoms with Crippen molar-refractivity contribution >= 4 is 114 Å². The molecule has 1 heterocycles.